The van der Waals surface area contributed by atoms with Crippen molar-refractivity contribution in [3.8, 4) is 0 Å². The quantitative estimate of drug-likeness (QED) is 0.481. The van der Waals surface area contributed by atoms with Gasteiger partial charge in [-0.2, -0.15) is 4.31 Å². The lowest BCUT2D eigenvalue weighted by atomic mass is 10.0. The van der Waals surface area contributed by atoms with Gasteiger partial charge < -0.3 is 10.2 Å². The summed E-state index contributed by atoms with van der Waals surface area (Å²) >= 11 is 0. The number of amides is 1. The number of anilines is 1. The van der Waals surface area contributed by atoms with Gasteiger partial charge in [0.05, 0.1) is 36.0 Å². The molecule has 1 aliphatic rings. The van der Waals surface area contributed by atoms with Crippen LogP contribution in [0.5, 0.6) is 0 Å². The SMILES string of the molecule is CC(C)c1ccc(S(=O)(=O)N2CC[NH+]([C@H](C)C(=O)Nc3cccc([N+](=O)[O-])c3)CC2)cc1. The van der Waals surface area contributed by atoms with Crippen LogP contribution in [0, 0.1) is 10.1 Å². The van der Waals surface area contributed by atoms with Gasteiger partial charge in [0.1, 0.15) is 0 Å². The molecule has 1 amide bonds. The van der Waals surface area contributed by atoms with Crippen molar-refractivity contribution in [3.05, 3.63) is 64.2 Å². The highest BCUT2D eigenvalue weighted by Gasteiger charge is 2.34. The maximum atomic E-state index is 13.0. The van der Waals surface area contributed by atoms with Crippen LogP contribution in [0.2, 0.25) is 0 Å². The number of rotatable bonds is 7. The summed E-state index contributed by atoms with van der Waals surface area (Å²) in [4.78, 5) is 24.3. The van der Waals surface area contributed by atoms with Crippen LogP contribution in [0.4, 0.5) is 11.4 Å². The van der Waals surface area contributed by atoms with Gasteiger partial charge in [-0.3, -0.25) is 14.9 Å². The molecule has 172 valence electrons. The van der Waals surface area contributed by atoms with E-state index < -0.39 is 21.0 Å². The lowest BCUT2D eigenvalue weighted by molar-refractivity contribution is -0.917. The molecule has 1 saturated heterocycles. The lowest BCUT2D eigenvalue weighted by Gasteiger charge is -2.34. The summed E-state index contributed by atoms with van der Waals surface area (Å²) in [7, 11) is -3.58. The smallest absolute Gasteiger partial charge is 0.282 e. The Morgan fingerprint density at radius 2 is 1.72 bits per heavy atom. The van der Waals surface area contributed by atoms with Crippen molar-refractivity contribution in [1.82, 2.24) is 4.31 Å². The van der Waals surface area contributed by atoms with Gasteiger partial charge in [-0.1, -0.05) is 32.0 Å². The van der Waals surface area contributed by atoms with Crippen molar-refractivity contribution in [2.24, 2.45) is 0 Å². The van der Waals surface area contributed by atoms with Crippen LogP contribution in [0.1, 0.15) is 32.3 Å². The van der Waals surface area contributed by atoms with Crippen LogP contribution in [-0.4, -0.2) is 55.8 Å². The second-order valence-electron chi connectivity index (χ2n) is 8.30. The van der Waals surface area contributed by atoms with Crippen LogP contribution < -0.4 is 10.2 Å². The van der Waals surface area contributed by atoms with E-state index >= 15 is 0 Å². The van der Waals surface area contributed by atoms with Gasteiger partial charge in [0.2, 0.25) is 10.0 Å². The second kappa shape index (κ2) is 9.76. The van der Waals surface area contributed by atoms with Crippen molar-refractivity contribution in [2.75, 3.05) is 31.5 Å². The highest BCUT2D eigenvalue weighted by molar-refractivity contribution is 7.89. The predicted octanol–water partition coefficient (Wildman–Crippen LogP) is 1.63. The third-order valence-electron chi connectivity index (χ3n) is 5.88. The van der Waals surface area contributed by atoms with Gasteiger partial charge >= 0.3 is 0 Å². The normalized spacial score (nSPS) is 16.6. The third kappa shape index (κ3) is 5.32. The van der Waals surface area contributed by atoms with E-state index in [0.29, 0.717) is 37.8 Å². The van der Waals surface area contributed by atoms with Gasteiger partial charge in [-0.15, -0.1) is 0 Å². The molecule has 1 aliphatic heterocycles. The van der Waals surface area contributed by atoms with E-state index in [0.717, 1.165) is 10.5 Å². The molecule has 0 aromatic heterocycles. The van der Waals surface area contributed by atoms with Crippen molar-refractivity contribution in [1.29, 1.82) is 0 Å². The van der Waals surface area contributed by atoms with Crippen molar-refractivity contribution >= 4 is 27.3 Å². The third-order valence-corrected chi connectivity index (χ3v) is 7.79. The monoisotopic (exact) mass is 461 g/mol. The summed E-state index contributed by atoms with van der Waals surface area (Å²) < 4.78 is 27.4. The Balaban J connectivity index is 1.60. The van der Waals surface area contributed by atoms with E-state index in [1.165, 1.54) is 22.5 Å². The van der Waals surface area contributed by atoms with Crippen molar-refractivity contribution < 1.29 is 23.0 Å². The standard InChI is InChI=1S/C22H28N4O5S/c1-16(2)18-7-9-21(10-8-18)32(30,31)25-13-11-24(12-14-25)17(3)22(27)23-19-5-4-6-20(15-19)26(28)29/h4-10,15-17H,11-14H2,1-3H3,(H,23,27)/p+1/t17-/m1/s1. The summed E-state index contributed by atoms with van der Waals surface area (Å²) in [6.07, 6.45) is 0. The summed E-state index contributed by atoms with van der Waals surface area (Å²) in [6.45, 7) is 7.51. The van der Waals surface area contributed by atoms with Gasteiger partial charge in [-0.25, -0.2) is 8.42 Å². The molecule has 0 unspecified atom stereocenters. The molecule has 10 heteroatoms. The van der Waals surface area contributed by atoms with E-state index in [1.807, 2.05) is 12.1 Å². The summed E-state index contributed by atoms with van der Waals surface area (Å²) in [6, 6.07) is 12.4. The number of nitro benzene ring substituents is 1. The molecule has 1 atom stereocenters. The number of sulfonamides is 1. The number of hydrogen-bond donors (Lipinski definition) is 2. The molecule has 0 radical (unpaired) electrons. The fourth-order valence-electron chi connectivity index (χ4n) is 3.75. The number of nitrogens with one attached hydrogen (secondary N) is 2. The van der Waals surface area contributed by atoms with Crippen LogP contribution in [0.25, 0.3) is 0 Å². The van der Waals surface area contributed by atoms with E-state index in [1.54, 1.807) is 25.1 Å². The number of nitrogens with zero attached hydrogens (tertiary/aromatic N) is 2. The molecule has 9 nitrogen and oxygen atoms in total. The van der Waals surface area contributed by atoms with E-state index in [9.17, 15) is 23.3 Å². The number of quaternary nitrogens is 1. The Bertz CT molecular complexity index is 1080. The maximum Gasteiger partial charge on any atom is 0.282 e. The zero-order valence-electron chi connectivity index (χ0n) is 18.4. The number of carbonyl (C=O) groups is 1. The van der Waals surface area contributed by atoms with Gasteiger partial charge in [0.25, 0.3) is 11.6 Å². The molecule has 32 heavy (non-hydrogen) atoms. The molecular formula is C22H29N4O5S+. The topological polar surface area (TPSA) is 114 Å². The minimum absolute atomic E-state index is 0.0944. The number of carbonyl (C=O) groups excluding carboxylic acids is 1. The first kappa shape index (κ1) is 23.8. The zero-order valence-corrected chi connectivity index (χ0v) is 19.3. The number of non-ortho nitro benzene ring substituents is 1. The molecule has 2 aromatic carbocycles. The first-order valence-electron chi connectivity index (χ1n) is 10.6. The average Bonchev–Trinajstić information content (AvgIpc) is 2.78. The summed E-state index contributed by atoms with van der Waals surface area (Å²) in [5, 5.41) is 13.6. The highest BCUT2D eigenvalue weighted by atomic mass is 32.2. The summed E-state index contributed by atoms with van der Waals surface area (Å²) in [5.41, 5.74) is 1.35. The van der Waals surface area contributed by atoms with Gasteiger partial charge in [0.15, 0.2) is 6.04 Å². The minimum Gasteiger partial charge on any atom is -0.323 e. The molecule has 0 spiro atoms. The van der Waals surface area contributed by atoms with Crippen molar-refractivity contribution in [2.45, 2.75) is 37.6 Å². The Kier molecular flexibility index (Phi) is 7.27. The average molecular weight is 462 g/mol. The van der Waals surface area contributed by atoms with Crippen LogP contribution >= 0.6 is 0 Å². The Morgan fingerprint density at radius 1 is 1.09 bits per heavy atom. The first-order chi connectivity index (χ1) is 15.1. The predicted molar refractivity (Wildman–Crippen MR) is 121 cm³/mol. The Morgan fingerprint density at radius 3 is 2.28 bits per heavy atom. The van der Waals surface area contributed by atoms with E-state index in [4.69, 9.17) is 0 Å². The molecule has 0 aliphatic carbocycles. The number of hydrogen-bond acceptors (Lipinski definition) is 5. The molecule has 2 N–H and O–H groups in total. The van der Waals surface area contributed by atoms with Crippen LogP contribution in [0.15, 0.2) is 53.4 Å². The largest absolute Gasteiger partial charge is 0.323 e. The molecule has 1 heterocycles. The van der Waals surface area contributed by atoms with Gasteiger partial charge in [0, 0.05) is 17.8 Å². The molecule has 1 fully saturated rings. The molecule has 3 rings (SSSR count). The maximum absolute atomic E-state index is 13.0. The minimum atomic E-state index is -3.58. The van der Waals surface area contributed by atoms with E-state index in [2.05, 4.69) is 19.2 Å². The van der Waals surface area contributed by atoms with E-state index in [-0.39, 0.29) is 16.5 Å². The van der Waals surface area contributed by atoms with Gasteiger partial charge in [-0.05, 0) is 36.6 Å². The molecule has 2 aromatic rings. The first-order valence-corrected chi connectivity index (χ1v) is 12.0. The number of benzene rings is 2. The molecule has 0 bridgehead atoms. The van der Waals surface area contributed by atoms with Crippen molar-refractivity contribution in [3.63, 3.8) is 0 Å². The Hall–Kier alpha value is -2.82. The molecule has 0 saturated carbocycles. The fourth-order valence-corrected chi connectivity index (χ4v) is 5.20. The summed E-state index contributed by atoms with van der Waals surface area (Å²) in [5.74, 6) is 0.0645. The van der Waals surface area contributed by atoms with Crippen LogP contribution in [-0.2, 0) is 14.8 Å². The zero-order chi connectivity index (χ0) is 23.5. The fraction of sp³-hybridized carbons (Fsp3) is 0.409. The number of nitro groups is 1. The Labute approximate surface area is 188 Å². The highest BCUT2D eigenvalue weighted by Crippen LogP contribution is 2.20. The number of piperazine rings is 1. The lowest BCUT2D eigenvalue weighted by Crippen LogP contribution is -3.19. The molecular weight excluding hydrogens is 432 g/mol. The second-order valence-corrected chi connectivity index (χ2v) is 10.2. The van der Waals surface area contributed by atoms with Crippen LogP contribution in [0.3, 0.4) is 0 Å².